The summed E-state index contributed by atoms with van der Waals surface area (Å²) in [4.78, 5) is 69.8. The van der Waals surface area contributed by atoms with E-state index in [4.69, 9.17) is 23.7 Å². The molecule has 1 fully saturated rings. The second-order valence-corrected chi connectivity index (χ2v) is 7.25. The summed E-state index contributed by atoms with van der Waals surface area (Å²) in [6.45, 7) is 4.42. The molecule has 1 aliphatic heterocycles. The van der Waals surface area contributed by atoms with Crippen LogP contribution in [0.25, 0.3) is 0 Å². The number of aliphatic hydroxyl groups is 1. The van der Waals surface area contributed by atoms with Gasteiger partial charge in [0.1, 0.15) is 24.9 Å². The minimum atomic E-state index is -2.73. The largest absolute Gasteiger partial charge is 0.476 e. The van der Waals surface area contributed by atoms with E-state index in [0.29, 0.717) is 0 Å². The highest BCUT2D eigenvalue weighted by Crippen LogP contribution is 2.35. The van der Waals surface area contributed by atoms with Gasteiger partial charge in [0.15, 0.2) is 6.10 Å². The molecule has 33 heavy (non-hydrogen) atoms. The molecule has 0 unspecified atom stereocenters. The number of esters is 4. The van der Waals surface area contributed by atoms with Crippen LogP contribution in [0.1, 0.15) is 41.0 Å². The number of aliphatic hydroxyl groups excluding tert-OH is 1. The molecule has 0 spiro atoms. The van der Waals surface area contributed by atoms with E-state index in [0.717, 1.165) is 34.6 Å². The van der Waals surface area contributed by atoms with Gasteiger partial charge in [-0.3, -0.25) is 24.0 Å². The van der Waals surface area contributed by atoms with Gasteiger partial charge in [0, 0.05) is 34.6 Å². The molecule has 186 valence electrons. The van der Waals surface area contributed by atoms with Crippen LogP contribution in [-0.4, -0.2) is 88.8 Å². The fourth-order valence-electron chi connectivity index (χ4n) is 3.27. The molecule has 0 aromatic heterocycles. The number of carbonyl (C=O) groups excluding carboxylic acids is 5. The summed E-state index contributed by atoms with van der Waals surface area (Å²) < 4.78 is 25.2. The zero-order valence-corrected chi connectivity index (χ0v) is 18.7. The number of carboxylic acids is 1. The van der Waals surface area contributed by atoms with Crippen molar-refractivity contribution >= 4 is 35.8 Å². The second-order valence-electron chi connectivity index (χ2n) is 7.25. The summed E-state index contributed by atoms with van der Waals surface area (Å²) in [5, 5.41) is 23.1. The smallest absolute Gasteiger partial charge is 0.377 e. The van der Waals surface area contributed by atoms with Gasteiger partial charge in [-0.1, -0.05) is 0 Å². The van der Waals surface area contributed by atoms with Crippen LogP contribution in [0.3, 0.4) is 0 Å². The lowest BCUT2D eigenvalue weighted by Crippen LogP contribution is -2.68. The lowest BCUT2D eigenvalue weighted by molar-refractivity contribution is -0.302. The number of aliphatic carboxylic acids is 1. The Hall–Kier alpha value is -3.26. The molecule has 0 aromatic rings. The van der Waals surface area contributed by atoms with Crippen LogP contribution in [0.4, 0.5) is 0 Å². The summed E-state index contributed by atoms with van der Waals surface area (Å²) in [6, 6.07) is -1.38. The van der Waals surface area contributed by atoms with E-state index in [1.807, 2.05) is 0 Å². The SMILES string of the molecule is CC(=O)N[C@H]1[C@H]([C@H](O)[C@@H](COC(C)=O)OC(C)=O)O[C@](OC(C)=O)(C(=O)O)C[C@@H]1OC(C)=O. The highest BCUT2D eigenvalue weighted by Gasteiger charge is 2.59. The second kappa shape index (κ2) is 11.6. The van der Waals surface area contributed by atoms with Gasteiger partial charge in [-0.05, 0) is 0 Å². The summed E-state index contributed by atoms with van der Waals surface area (Å²) >= 11 is 0. The van der Waals surface area contributed by atoms with Gasteiger partial charge in [0.25, 0.3) is 0 Å². The quantitative estimate of drug-likeness (QED) is 0.254. The Morgan fingerprint density at radius 1 is 1.00 bits per heavy atom. The molecule has 0 aromatic carbocycles. The van der Waals surface area contributed by atoms with Crippen LogP contribution in [0.5, 0.6) is 0 Å². The zero-order chi connectivity index (χ0) is 25.5. The van der Waals surface area contributed by atoms with Gasteiger partial charge in [-0.25, -0.2) is 4.79 Å². The molecule has 1 saturated heterocycles. The molecular formula is C19H27NO13. The van der Waals surface area contributed by atoms with Crippen LogP contribution in [-0.2, 0) is 52.5 Å². The maximum absolute atomic E-state index is 12.0. The highest BCUT2D eigenvalue weighted by molar-refractivity contribution is 5.80. The van der Waals surface area contributed by atoms with Gasteiger partial charge < -0.3 is 39.2 Å². The van der Waals surface area contributed by atoms with Crippen molar-refractivity contribution in [3.8, 4) is 0 Å². The van der Waals surface area contributed by atoms with Gasteiger partial charge in [0.2, 0.25) is 5.91 Å². The zero-order valence-electron chi connectivity index (χ0n) is 18.7. The highest BCUT2D eigenvalue weighted by atomic mass is 16.7. The van der Waals surface area contributed by atoms with E-state index in [1.165, 1.54) is 0 Å². The molecule has 0 aliphatic carbocycles. The first-order valence-corrected chi connectivity index (χ1v) is 9.72. The van der Waals surface area contributed by atoms with Crippen LogP contribution < -0.4 is 5.32 Å². The topological polar surface area (TPSA) is 201 Å². The third-order valence-electron chi connectivity index (χ3n) is 4.36. The number of carbonyl (C=O) groups is 6. The first-order valence-electron chi connectivity index (χ1n) is 9.72. The lowest BCUT2D eigenvalue weighted by atomic mass is 9.88. The van der Waals surface area contributed by atoms with E-state index < -0.39 is 85.0 Å². The predicted octanol–water partition coefficient (Wildman–Crippen LogP) is -1.59. The third-order valence-corrected chi connectivity index (χ3v) is 4.36. The molecule has 0 bridgehead atoms. The number of carboxylic acid groups (broad SMARTS) is 1. The Labute approximate surface area is 188 Å². The van der Waals surface area contributed by atoms with Crippen LogP contribution in [0.2, 0.25) is 0 Å². The van der Waals surface area contributed by atoms with Crippen LogP contribution in [0, 0.1) is 0 Å². The summed E-state index contributed by atoms with van der Waals surface area (Å²) in [6.07, 6.45) is -7.51. The first kappa shape index (κ1) is 27.8. The van der Waals surface area contributed by atoms with Crippen LogP contribution >= 0.6 is 0 Å². The minimum Gasteiger partial charge on any atom is -0.476 e. The Morgan fingerprint density at radius 3 is 2.03 bits per heavy atom. The number of ether oxygens (including phenoxy) is 5. The molecule has 1 amide bonds. The van der Waals surface area contributed by atoms with E-state index >= 15 is 0 Å². The molecule has 1 rings (SSSR count). The molecule has 14 heteroatoms. The fraction of sp³-hybridized carbons (Fsp3) is 0.684. The molecule has 0 saturated carbocycles. The first-order chi connectivity index (χ1) is 15.2. The molecule has 6 atom stereocenters. The molecule has 14 nitrogen and oxygen atoms in total. The number of rotatable bonds is 9. The minimum absolute atomic E-state index is 0.658. The standard InChI is InChI=1S/C19H27NO13/c1-8(21)20-15-13(30-10(3)23)6-19(18(27)28,32-12(5)25)33-17(15)16(26)14(31-11(4)24)7-29-9(2)22/h13-17,26H,6-7H2,1-5H3,(H,20,21)(H,27,28)/t13-,14+,15+,16+,17+,19-/m0/s1. The maximum atomic E-state index is 12.0. The van der Waals surface area contributed by atoms with Crippen LogP contribution in [0.15, 0.2) is 0 Å². The molecule has 1 aliphatic rings. The number of hydrogen-bond donors (Lipinski definition) is 3. The van der Waals surface area contributed by atoms with Crippen molar-refractivity contribution in [3.05, 3.63) is 0 Å². The van der Waals surface area contributed by atoms with E-state index in [2.05, 4.69) is 5.32 Å². The monoisotopic (exact) mass is 477 g/mol. The Bertz CT molecular complexity index is 797. The number of amides is 1. The summed E-state index contributed by atoms with van der Waals surface area (Å²) in [7, 11) is 0. The fourth-order valence-corrected chi connectivity index (χ4v) is 3.27. The van der Waals surface area contributed by atoms with Crippen molar-refractivity contribution in [2.75, 3.05) is 6.61 Å². The van der Waals surface area contributed by atoms with Gasteiger partial charge >= 0.3 is 35.6 Å². The van der Waals surface area contributed by atoms with Crippen molar-refractivity contribution in [2.45, 2.75) is 77.3 Å². The molecule has 1 heterocycles. The van der Waals surface area contributed by atoms with E-state index in [1.54, 1.807) is 0 Å². The van der Waals surface area contributed by atoms with Gasteiger partial charge in [-0.15, -0.1) is 0 Å². The Balaban J connectivity index is 3.54. The lowest BCUT2D eigenvalue weighted by Gasteiger charge is -2.47. The molecule has 0 radical (unpaired) electrons. The average molecular weight is 477 g/mol. The van der Waals surface area contributed by atoms with Crippen molar-refractivity contribution in [1.29, 1.82) is 0 Å². The number of hydrogen-bond acceptors (Lipinski definition) is 12. The Morgan fingerprint density at radius 2 is 1.61 bits per heavy atom. The van der Waals surface area contributed by atoms with Crippen molar-refractivity contribution in [2.24, 2.45) is 0 Å². The van der Waals surface area contributed by atoms with E-state index in [-0.39, 0.29) is 0 Å². The number of nitrogens with one attached hydrogen (secondary N) is 1. The molecular weight excluding hydrogens is 450 g/mol. The van der Waals surface area contributed by atoms with Gasteiger partial charge in [0.05, 0.1) is 12.5 Å². The predicted molar refractivity (Wildman–Crippen MR) is 103 cm³/mol. The maximum Gasteiger partial charge on any atom is 0.377 e. The van der Waals surface area contributed by atoms with Crippen molar-refractivity contribution < 1.29 is 62.7 Å². The summed E-state index contributed by atoms with van der Waals surface area (Å²) in [5.74, 6) is -8.80. The molecule has 3 N–H and O–H groups in total. The van der Waals surface area contributed by atoms with Gasteiger partial charge in [-0.2, -0.15) is 0 Å². The average Bonchev–Trinajstić information content (AvgIpc) is 2.64. The summed E-state index contributed by atoms with van der Waals surface area (Å²) in [5.41, 5.74) is 0. The Kier molecular flexibility index (Phi) is 9.73. The normalized spacial score (nSPS) is 26.2. The van der Waals surface area contributed by atoms with Crippen molar-refractivity contribution in [3.63, 3.8) is 0 Å². The van der Waals surface area contributed by atoms with Crippen molar-refractivity contribution in [1.82, 2.24) is 5.32 Å². The van der Waals surface area contributed by atoms with E-state index in [9.17, 15) is 39.0 Å². The third kappa shape index (κ3) is 7.98.